The van der Waals surface area contributed by atoms with Crippen LogP contribution >= 0.6 is 0 Å². The van der Waals surface area contributed by atoms with Gasteiger partial charge in [0.25, 0.3) is 0 Å². The third-order valence-electron chi connectivity index (χ3n) is 4.74. The van der Waals surface area contributed by atoms with Crippen LogP contribution in [0.2, 0.25) is 0 Å². The Kier molecular flexibility index (Phi) is 8.52. The zero-order valence-electron chi connectivity index (χ0n) is 17.6. The van der Waals surface area contributed by atoms with Gasteiger partial charge in [0.15, 0.2) is 0 Å². The monoisotopic (exact) mass is 398 g/mol. The number of hydrogen-bond acceptors (Lipinski definition) is 4. The van der Waals surface area contributed by atoms with Crippen LogP contribution in [0.25, 0.3) is 0 Å². The fraction of sp³-hybridized carbons (Fsp3) is 0.391. The molecule has 0 bridgehead atoms. The lowest BCUT2D eigenvalue weighted by Crippen LogP contribution is -2.49. The van der Waals surface area contributed by atoms with Gasteiger partial charge >= 0.3 is 0 Å². The number of methoxy groups -OCH3 is 2. The van der Waals surface area contributed by atoms with Crippen LogP contribution in [0.5, 0.6) is 11.5 Å². The second-order valence-electron chi connectivity index (χ2n) is 6.72. The van der Waals surface area contributed by atoms with Crippen molar-refractivity contribution >= 4 is 11.8 Å². The molecule has 0 aliphatic carbocycles. The first kappa shape index (κ1) is 22.3. The van der Waals surface area contributed by atoms with Crippen LogP contribution in [0.1, 0.15) is 31.4 Å². The van der Waals surface area contributed by atoms with E-state index < -0.39 is 6.04 Å². The number of ether oxygens (including phenoxy) is 2. The maximum atomic E-state index is 13.2. The average molecular weight is 399 g/mol. The summed E-state index contributed by atoms with van der Waals surface area (Å²) in [6, 6.07) is 14.4. The molecule has 0 radical (unpaired) electrons. The SMILES string of the molecule is CCNC(=O)C(CC)N(Cc1cccc(OC)c1)C(=O)Cc1ccc(OC)cc1. The molecule has 0 aliphatic rings. The number of nitrogens with zero attached hydrogens (tertiary/aromatic N) is 1. The molecule has 2 amide bonds. The molecule has 2 aromatic carbocycles. The van der Waals surface area contributed by atoms with Crippen molar-refractivity contribution in [1.82, 2.24) is 10.2 Å². The highest BCUT2D eigenvalue weighted by atomic mass is 16.5. The molecule has 2 aromatic rings. The zero-order chi connectivity index (χ0) is 21.2. The zero-order valence-corrected chi connectivity index (χ0v) is 17.6. The van der Waals surface area contributed by atoms with Crippen LogP contribution in [0.3, 0.4) is 0 Å². The first-order valence-electron chi connectivity index (χ1n) is 9.85. The minimum atomic E-state index is -0.535. The third-order valence-corrected chi connectivity index (χ3v) is 4.74. The topological polar surface area (TPSA) is 67.9 Å². The predicted molar refractivity (Wildman–Crippen MR) is 113 cm³/mol. The number of carbonyl (C=O) groups excluding carboxylic acids is 2. The van der Waals surface area contributed by atoms with Crippen molar-refractivity contribution in [3.8, 4) is 11.5 Å². The fourth-order valence-electron chi connectivity index (χ4n) is 3.20. The van der Waals surface area contributed by atoms with Crippen LogP contribution in [0.4, 0.5) is 0 Å². The summed E-state index contributed by atoms with van der Waals surface area (Å²) in [6.07, 6.45) is 0.744. The minimum absolute atomic E-state index is 0.101. The van der Waals surface area contributed by atoms with Crippen molar-refractivity contribution in [2.75, 3.05) is 20.8 Å². The van der Waals surface area contributed by atoms with Crippen LogP contribution in [-0.2, 0) is 22.6 Å². The lowest BCUT2D eigenvalue weighted by atomic mass is 10.1. The first-order valence-corrected chi connectivity index (χ1v) is 9.85. The number of nitrogens with one attached hydrogen (secondary N) is 1. The van der Waals surface area contributed by atoms with E-state index in [1.54, 1.807) is 19.1 Å². The van der Waals surface area contributed by atoms with E-state index in [0.717, 1.165) is 22.6 Å². The van der Waals surface area contributed by atoms with E-state index in [9.17, 15) is 9.59 Å². The standard InChI is InChI=1S/C23H30N2O4/c1-5-21(23(27)24-6-2)25(16-18-8-7-9-20(14-18)29-4)22(26)15-17-10-12-19(28-3)13-11-17/h7-14,21H,5-6,15-16H2,1-4H3,(H,24,27). The van der Waals surface area contributed by atoms with E-state index in [0.29, 0.717) is 19.5 Å². The van der Waals surface area contributed by atoms with Gasteiger partial charge in [0.05, 0.1) is 20.6 Å². The molecule has 0 heterocycles. The van der Waals surface area contributed by atoms with Gasteiger partial charge in [-0.15, -0.1) is 0 Å². The number of carbonyl (C=O) groups is 2. The van der Waals surface area contributed by atoms with Gasteiger partial charge in [-0.25, -0.2) is 0 Å². The van der Waals surface area contributed by atoms with E-state index in [1.807, 2.05) is 62.4 Å². The van der Waals surface area contributed by atoms with E-state index in [-0.39, 0.29) is 18.2 Å². The Morgan fingerprint density at radius 1 is 0.966 bits per heavy atom. The number of likely N-dealkylation sites (N-methyl/N-ethyl adjacent to an activating group) is 1. The highest BCUT2D eigenvalue weighted by molar-refractivity contribution is 5.88. The van der Waals surface area contributed by atoms with Crippen molar-refractivity contribution in [1.29, 1.82) is 0 Å². The fourth-order valence-corrected chi connectivity index (χ4v) is 3.20. The molecule has 0 saturated heterocycles. The molecule has 1 N–H and O–H groups in total. The summed E-state index contributed by atoms with van der Waals surface area (Å²) >= 11 is 0. The number of benzene rings is 2. The van der Waals surface area contributed by atoms with Gasteiger partial charge in [0, 0.05) is 13.1 Å². The van der Waals surface area contributed by atoms with E-state index in [2.05, 4.69) is 5.32 Å². The lowest BCUT2D eigenvalue weighted by Gasteiger charge is -2.30. The molecule has 0 aliphatic heterocycles. The van der Waals surface area contributed by atoms with Crippen LogP contribution in [0, 0.1) is 0 Å². The number of amides is 2. The summed E-state index contributed by atoms with van der Waals surface area (Å²) in [5.41, 5.74) is 1.78. The highest BCUT2D eigenvalue weighted by Gasteiger charge is 2.28. The largest absolute Gasteiger partial charge is 0.497 e. The molecule has 0 fully saturated rings. The molecule has 2 rings (SSSR count). The smallest absolute Gasteiger partial charge is 0.242 e. The quantitative estimate of drug-likeness (QED) is 0.667. The van der Waals surface area contributed by atoms with Gasteiger partial charge in [-0.3, -0.25) is 9.59 Å². The minimum Gasteiger partial charge on any atom is -0.497 e. The van der Waals surface area contributed by atoms with Crippen molar-refractivity contribution in [2.45, 2.75) is 39.3 Å². The summed E-state index contributed by atoms with van der Waals surface area (Å²) in [7, 11) is 3.21. The second kappa shape index (κ2) is 11.1. The van der Waals surface area contributed by atoms with Gasteiger partial charge in [0.1, 0.15) is 17.5 Å². The summed E-state index contributed by atoms with van der Waals surface area (Å²) in [5.74, 6) is 1.22. The molecule has 0 aromatic heterocycles. The molecule has 0 spiro atoms. The van der Waals surface area contributed by atoms with Crippen LogP contribution in [0.15, 0.2) is 48.5 Å². The second-order valence-corrected chi connectivity index (χ2v) is 6.72. The van der Waals surface area contributed by atoms with E-state index in [1.165, 1.54) is 0 Å². The van der Waals surface area contributed by atoms with Crippen LogP contribution in [-0.4, -0.2) is 43.5 Å². The normalized spacial score (nSPS) is 11.4. The van der Waals surface area contributed by atoms with Gasteiger partial charge < -0.3 is 19.7 Å². The Bertz CT molecular complexity index is 805. The first-order chi connectivity index (χ1) is 14.0. The van der Waals surface area contributed by atoms with Crippen molar-refractivity contribution in [2.24, 2.45) is 0 Å². The van der Waals surface area contributed by atoms with Crippen molar-refractivity contribution in [3.05, 3.63) is 59.7 Å². The van der Waals surface area contributed by atoms with Gasteiger partial charge in [-0.1, -0.05) is 31.2 Å². The molecule has 0 saturated carbocycles. The number of rotatable bonds is 10. The molecular weight excluding hydrogens is 368 g/mol. The molecule has 6 nitrogen and oxygen atoms in total. The van der Waals surface area contributed by atoms with E-state index >= 15 is 0 Å². The molecular formula is C23H30N2O4. The van der Waals surface area contributed by atoms with E-state index in [4.69, 9.17) is 9.47 Å². The van der Waals surface area contributed by atoms with Gasteiger partial charge in [0.2, 0.25) is 11.8 Å². The summed E-state index contributed by atoms with van der Waals surface area (Å²) in [5, 5.41) is 2.85. The Morgan fingerprint density at radius 3 is 2.24 bits per heavy atom. The summed E-state index contributed by atoms with van der Waals surface area (Å²) < 4.78 is 10.5. The molecule has 156 valence electrons. The van der Waals surface area contributed by atoms with Crippen LogP contribution < -0.4 is 14.8 Å². The maximum absolute atomic E-state index is 13.2. The van der Waals surface area contributed by atoms with Crippen molar-refractivity contribution < 1.29 is 19.1 Å². The third kappa shape index (κ3) is 6.24. The van der Waals surface area contributed by atoms with Crippen molar-refractivity contribution in [3.63, 3.8) is 0 Å². The summed E-state index contributed by atoms with van der Waals surface area (Å²) in [6.45, 7) is 4.65. The molecule has 6 heteroatoms. The lowest BCUT2D eigenvalue weighted by molar-refractivity contribution is -0.140. The molecule has 1 unspecified atom stereocenters. The Hall–Kier alpha value is -3.02. The Morgan fingerprint density at radius 2 is 1.66 bits per heavy atom. The summed E-state index contributed by atoms with van der Waals surface area (Å²) in [4.78, 5) is 27.5. The highest BCUT2D eigenvalue weighted by Crippen LogP contribution is 2.19. The Balaban J connectivity index is 2.27. The van der Waals surface area contributed by atoms with Gasteiger partial charge in [-0.05, 0) is 48.7 Å². The Labute approximate surface area is 172 Å². The maximum Gasteiger partial charge on any atom is 0.242 e. The van der Waals surface area contributed by atoms with Gasteiger partial charge in [-0.2, -0.15) is 0 Å². The molecule has 1 atom stereocenters. The average Bonchev–Trinajstić information content (AvgIpc) is 2.74. The predicted octanol–water partition coefficient (Wildman–Crippen LogP) is 3.19. The molecule has 29 heavy (non-hydrogen) atoms. The number of hydrogen-bond donors (Lipinski definition) is 1.